The largest absolute Gasteiger partial charge is 0.452 e. The highest BCUT2D eigenvalue weighted by atomic mass is 32.2. The van der Waals surface area contributed by atoms with Crippen LogP contribution in [0.25, 0.3) is 0 Å². The summed E-state index contributed by atoms with van der Waals surface area (Å²) < 4.78 is 32.1. The topological polar surface area (TPSA) is 136 Å². The minimum absolute atomic E-state index is 0.0413. The Balaban J connectivity index is 1.78. The number of carbonyl (C=O) groups excluding carboxylic acids is 3. The van der Waals surface area contributed by atoms with E-state index in [1.54, 1.807) is 17.4 Å². The van der Waals surface area contributed by atoms with Gasteiger partial charge in [0.05, 0.1) is 16.1 Å². The van der Waals surface area contributed by atoms with E-state index in [0.717, 1.165) is 5.56 Å². The molecule has 0 aliphatic carbocycles. The molecule has 0 saturated heterocycles. The zero-order chi connectivity index (χ0) is 20.3. The van der Waals surface area contributed by atoms with E-state index in [0.29, 0.717) is 18.7 Å². The first-order chi connectivity index (χ1) is 13.3. The third-order valence-electron chi connectivity index (χ3n) is 4.10. The predicted molar refractivity (Wildman–Crippen MR) is 99.1 cm³/mol. The molecule has 146 valence electrons. The van der Waals surface area contributed by atoms with Gasteiger partial charge in [-0.1, -0.05) is 24.3 Å². The van der Waals surface area contributed by atoms with Gasteiger partial charge in [0.2, 0.25) is 0 Å². The molecule has 3 N–H and O–H groups in total. The molecule has 3 amide bonds. The normalized spacial score (nSPS) is 12.9. The number of nitrogens with zero attached hydrogens (tertiary/aromatic N) is 1. The maximum atomic E-state index is 13.0. The fourth-order valence-corrected chi connectivity index (χ4v) is 4.41. The van der Waals surface area contributed by atoms with E-state index in [1.807, 2.05) is 12.1 Å². The number of benzene rings is 2. The number of hydrogen-bond donors (Lipinski definition) is 2. The molecule has 10 heteroatoms. The fourth-order valence-electron chi connectivity index (χ4n) is 2.86. The average Bonchev–Trinajstić information content (AvgIpc) is 3.10. The smallest absolute Gasteiger partial charge is 0.338 e. The van der Waals surface area contributed by atoms with Crippen molar-refractivity contribution in [1.82, 2.24) is 5.32 Å². The highest BCUT2D eigenvalue weighted by molar-refractivity contribution is 7.92. The summed E-state index contributed by atoms with van der Waals surface area (Å²) in [5, 5.41) is 1.75. The summed E-state index contributed by atoms with van der Waals surface area (Å²) >= 11 is 0. The number of carbonyl (C=O) groups is 3. The van der Waals surface area contributed by atoms with Crippen LogP contribution in [0.4, 0.5) is 10.5 Å². The van der Waals surface area contributed by atoms with Gasteiger partial charge in [0.15, 0.2) is 6.61 Å². The van der Waals surface area contributed by atoms with Crippen LogP contribution in [-0.2, 0) is 26.0 Å². The average molecular weight is 403 g/mol. The standard InChI is InChI=1S/C18H17N3O6S/c19-18(24)20-16(22)11-27-17(23)13-5-3-6-14(10-13)28(25,26)21-9-8-12-4-1-2-7-15(12)21/h1-7,10H,8-9,11H2,(H3,19,20,22,24). The number of imide groups is 1. The van der Waals surface area contributed by atoms with Gasteiger partial charge in [0.1, 0.15) is 0 Å². The van der Waals surface area contributed by atoms with Crippen LogP contribution in [0.15, 0.2) is 53.4 Å². The summed E-state index contributed by atoms with van der Waals surface area (Å²) in [4.78, 5) is 33.9. The van der Waals surface area contributed by atoms with Crippen LogP contribution in [0, 0.1) is 0 Å². The Morgan fingerprint density at radius 1 is 1.11 bits per heavy atom. The second-order valence-corrected chi connectivity index (χ2v) is 7.83. The highest BCUT2D eigenvalue weighted by Crippen LogP contribution is 2.32. The Bertz CT molecular complexity index is 1050. The van der Waals surface area contributed by atoms with Crippen molar-refractivity contribution in [3.8, 4) is 0 Å². The van der Waals surface area contributed by atoms with Gasteiger partial charge >= 0.3 is 12.0 Å². The van der Waals surface area contributed by atoms with Gasteiger partial charge in [-0.25, -0.2) is 18.0 Å². The Kier molecular flexibility index (Phi) is 5.32. The summed E-state index contributed by atoms with van der Waals surface area (Å²) in [7, 11) is -3.87. The first-order valence-electron chi connectivity index (χ1n) is 8.26. The molecule has 28 heavy (non-hydrogen) atoms. The second-order valence-electron chi connectivity index (χ2n) is 5.97. The van der Waals surface area contributed by atoms with Crippen molar-refractivity contribution < 1.29 is 27.5 Å². The number of rotatable bonds is 5. The third kappa shape index (κ3) is 3.96. The molecule has 0 bridgehead atoms. The van der Waals surface area contributed by atoms with Crippen LogP contribution in [0.5, 0.6) is 0 Å². The Morgan fingerprint density at radius 2 is 1.86 bits per heavy atom. The molecular weight excluding hydrogens is 386 g/mol. The van der Waals surface area contributed by atoms with Gasteiger partial charge < -0.3 is 10.5 Å². The van der Waals surface area contributed by atoms with E-state index in [4.69, 9.17) is 10.5 Å². The zero-order valence-electron chi connectivity index (χ0n) is 14.6. The summed E-state index contributed by atoms with van der Waals surface area (Å²) in [6.45, 7) is -0.415. The van der Waals surface area contributed by atoms with Gasteiger partial charge in [0, 0.05) is 6.54 Å². The van der Waals surface area contributed by atoms with Crippen LogP contribution in [0.3, 0.4) is 0 Å². The van der Waals surface area contributed by atoms with E-state index >= 15 is 0 Å². The number of anilines is 1. The van der Waals surface area contributed by atoms with Crippen molar-refractivity contribution >= 4 is 33.6 Å². The number of para-hydroxylation sites is 1. The fraction of sp³-hybridized carbons (Fsp3) is 0.167. The van der Waals surface area contributed by atoms with Gasteiger partial charge in [-0.15, -0.1) is 0 Å². The minimum atomic E-state index is -3.87. The number of ether oxygens (including phenoxy) is 1. The lowest BCUT2D eigenvalue weighted by Gasteiger charge is -2.19. The molecule has 0 atom stereocenters. The zero-order valence-corrected chi connectivity index (χ0v) is 15.4. The molecule has 1 aliphatic heterocycles. The van der Waals surface area contributed by atoms with Crippen LogP contribution < -0.4 is 15.4 Å². The minimum Gasteiger partial charge on any atom is -0.452 e. The predicted octanol–water partition coefficient (Wildman–Crippen LogP) is 0.790. The molecule has 1 heterocycles. The van der Waals surface area contributed by atoms with Crippen LogP contribution in [0.2, 0.25) is 0 Å². The van der Waals surface area contributed by atoms with E-state index in [9.17, 15) is 22.8 Å². The molecule has 0 spiro atoms. The van der Waals surface area contributed by atoms with E-state index < -0.39 is 34.5 Å². The maximum absolute atomic E-state index is 13.0. The molecule has 9 nitrogen and oxygen atoms in total. The molecule has 0 unspecified atom stereocenters. The van der Waals surface area contributed by atoms with E-state index in [-0.39, 0.29) is 10.5 Å². The highest BCUT2D eigenvalue weighted by Gasteiger charge is 2.31. The number of urea groups is 1. The Labute approximate surface area is 161 Å². The number of fused-ring (bicyclic) bond motifs is 1. The van der Waals surface area contributed by atoms with Crippen LogP contribution in [0.1, 0.15) is 15.9 Å². The summed E-state index contributed by atoms with van der Waals surface area (Å²) in [6, 6.07) is 11.5. The molecule has 2 aromatic rings. The van der Waals surface area contributed by atoms with Crippen molar-refractivity contribution in [2.45, 2.75) is 11.3 Å². The molecule has 0 saturated carbocycles. The van der Waals surface area contributed by atoms with Gasteiger partial charge in [0.25, 0.3) is 15.9 Å². The number of primary amides is 1. The first-order valence-corrected chi connectivity index (χ1v) is 9.70. The lowest BCUT2D eigenvalue weighted by Crippen LogP contribution is -2.37. The maximum Gasteiger partial charge on any atom is 0.338 e. The van der Waals surface area contributed by atoms with Gasteiger partial charge in [-0.2, -0.15) is 0 Å². The Morgan fingerprint density at radius 3 is 2.61 bits per heavy atom. The molecular formula is C18H17N3O6S. The van der Waals surface area contributed by atoms with Crippen molar-refractivity contribution in [3.63, 3.8) is 0 Å². The quantitative estimate of drug-likeness (QED) is 0.709. The lowest BCUT2D eigenvalue weighted by molar-refractivity contribution is -0.123. The number of nitrogens with one attached hydrogen (secondary N) is 1. The van der Waals surface area contributed by atoms with E-state index in [1.165, 1.54) is 28.6 Å². The molecule has 2 aromatic carbocycles. The summed E-state index contributed by atoms with van der Waals surface area (Å²) in [5.74, 6) is -1.79. The van der Waals surface area contributed by atoms with Crippen LogP contribution >= 0.6 is 0 Å². The van der Waals surface area contributed by atoms with Gasteiger partial charge in [-0.3, -0.25) is 14.4 Å². The number of esters is 1. The van der Waals surface area contributed by atoms with Crippen molar-refractivity contribution in [2.24, 2.45) is 5.73 Å². The first kappa shape index (κ1) is 19.4. The van der Waals surface area contributed by atoms with Crippen molar-refractivity contribution in [3.05, 3.63) is 59.7 Å². The third-order valence-corrected chi connectivity index (χ3v) is 5.91. The van der Waals surface area contributed by atoms with Gasteiger partial charge in [-0.05, 0) is 36.2 Å². The van der Waals surface area contributed by atoms with E-state index in [2.05, 4.69) is 0 Å². The number of amides is 3. The number of sulfonamides is 1. The van der Waals surface area contributed by atoms with Crippen molar-refractivity contribution in [1.29, 1.82) is 0 Å². The molecule has 3 rings (SSSR count). The SMILES string of the molecule is NC(=O)NC(=O)COC(=O)c1cccc(S(=O)(=O)N2CCc3ccccc32)c1. The molecule has 0 radical (unpaired) electrons. The summed E-state index contributed by atoms with van der Waals surface area (Å²) in [5.41, 5.74) is 6.29. The Hall–Kier alpha value is -3.40. The summed E-state index contributed by atoms with van der Waals surface area (Å²) in [6.07, 6.45) is 0.603. The molecule has 0 aromatic heterocycles. The molecule has 1 aliphatic rings. The monoisotopic (exact) mass is 403 g/mol. The number of hydrogen-bond acceptors (Lipinski definition) is 6. The number of nitrogens with two attached hydrogens (primary N) is 1. The van der Waals surface area contributed by atoms with Crippen LogP contribution in [-0.4, -0.2) is 39.5 Å². The van der Waals surface area contributed by atoms with Crippen molar-refractivity contribution in [2.75, 3.05) is 17.5 Å². The lowest BCUT2D eigenvalue weighted by atomic mass is 10.2. The molecule has 0 fully saturated rings. The second kappa shape index (κ2) is 7.69.